The molecular formula is C21H27N3O3. The Labute approximate surface area is 160 Å². The van der Waals surface area contributed by atoms with E-state index in [4.69, 9.17) is 19.2 Å². The molecule has 2 aliphatic rings. The molecule has 1 aromatic carbocycles. The van der Waals surface area contributed by atoms with Gasteiger partial charge in [0.15, 0.2) is 11.5 Å². The average molecular weight is 369 g/mol. The second kappa shape index (κ2) is 7.44. The third kappa shape index (κ3) is 3.39. The fourth-order valence-electron chi connectivity index (χ4n) is 3.97. The Hall–Kier alpha value is -2.18. The molecule has 27 heavy (non-hydrogen) atoms. The van der Waals surface area contributed by atoms with E-state index in [2.05, 4.69) is 28.9 Å². The van der Waals surface area contributed by atoms with Gasteiger partial charge in [-0.05, 0) is 31.0 Å². The molecule has 0 radical (unpaired) electrons. The third-order valence-electron chi connectivity index (χ3n) is 5.26. The highest BCUT2D eigenvalue weighted by Crippen LogP contribution is 2.43. The number of hydrogen-bond donors (Lipinski definition) is 0. The lowest BCUT2D eigenvalue weighted by Gasteiger charge is -2.47. The summed E-state index contributed by atoms with van der Waals surface area (Å²) in [6, 6.07) is 6.14. The van der Waals surface area contributed by atoms with Crippen LogP contribution in [0.4, 0.5) is 0 Å². The van der Waals surface area contributed by atoms with Crippen LogP contribution in [0.2, 0.25) is 0 Å². The number of fused-ring (bicyclic) bond motifs is 2. The van der Waals surface area contributed by atoms with Gasteiger partial charge in [-0.25, -0.2) is 9.97 Å². The molecule has 1 fully saturated rings. The molecule has 3 heterocycles. The van der Waals surface area contributed by atoms with E-state index in [-0.39, 0.29) is 5.60 Å². The van der Waals surface area contributed by atoms with E-state index in [0.717, 1.165) is 55.5 Å². The molecule has 144 valence electrons. The van der Waals surface area contributed by atoms with Gasteiger partial charge in [-0.1, -0.05) is 13.0 Å². The van der Waals surface area contributed by atoms with Crippen LogP contribution < -0.4 is 9.47 Å². The van der Waals surface area contributed by atoms with Gasteiger partial charge in [0.05, 0.1) is 26.0 Å². The zero-order valence-electron chi connectivity index (χ0n) is 16.3. The van der Waals surface area contributed by atoms with Gasteiger partial charge >= 0.3 is 0 Å². The summed E-state index contributed by atoms with van der Waals surface area (Å²) < 4.78 is 17.2. The topological polar surface area (TPSA) is 56.7 Å². The summed E-state index contributed by atoms with van der Waals surface area (Å²) >= 11 is 0. The van der Waals surface area contributed by atoms with Crippen LogP contribution in [-0.2, 0) is 29.9 Å². The monoisotopic (exact) mass is 369 g/mol. The minimum Gasteiger partial charge on any atom is -0.493 e. The van der Waals surface area contributed by atoms with E-state index in [1.54, 1.807) is 7.11 Å². The molecule has 0 N–H and O–H groups in total. The number of methoxy groups -OCH3 is 1. The van der Waals surface area contributed by atoms with Gasteiger partial charge < -0.3 is 14.2 Å². The molecule has 1 aromatic heterocycles. The maximum absolute atomic E-state index is 6.16. The molecule has 2 aliphatic heterocycles. The van der Waals surface area contributed by atoms with E-state index in [9.17, 15) is 0 Å². The summed E-state index contributed by atoms with van der Waals surface area (Å²) in [5.41, 5.74) is 3.21. The first kappa shape index (κ1) is 18.2. The van der Waals surface area contributed by atoms with Crippen LogP contribution in [0.3, 0.4) is 0 Å². The minimum atomic E-state index is -0.227. The van der Waals surface area contributed by atoms with E-state index in [0.29, 0.717) is 13.2 Å². The number of ether oxygens (including phenoxy) is 3. The molecule has 0 aliphatic carbocycles. The smallest absolute Gasteiger partial charge is 0.161 e. The fourth-order valence-corrected chi connectivity index (χ4v) is 3.97. The second-order valence-corrected chi connectivity index (χ2v) is 7.24. The second-order valence-electron chi connectivity index (χ2n) is 7.24. The zero-order valence-corrected chi connectivity index (χ0v) is 16.3. The molecule has 0 unspecified atom stereocenters. The van der Waals surface area contributed by atoms with Gasteiger partial charge in [0, 0.05) is 37.8 Å². The number of aryl methyl sites for hydroxylation is 1. The van der Waals surface area contributed by atoms with Crippen molar-refractivity contribution in [3.63, 3.8) is 0 Å². The summed E-state index contributed by atoms with van der Waals surface area (Å²) in [4.78, 5) is 11.6. The van der Waals surface area contributed by atoms with Crippen molar-refractivity contribution in [1.82, 2.24) is 14.9 Å². The molecule has 2 aromatic rings. The quantitative estimate of drug-likeness (QED) is 0.748. The van der Waals surface area contributed by atoms with Crippen LogP contribution in [0.5, 0.6) is 11.5 Å². The Balaban J connectivity index is 1.42. The summed E-state index contributed by atoms with van der Waals surface area (Å²) in [5.74, 6) is 2.50. The van der Waals surface area contributed by atoms with E-state index in [1.807, 2.05) is 19.2 Å². The minimum absolute atomic E-state index is 0.227. The predicted octanol–water partition coefficient (Wildman–Crippen LogP) is 3.08. The lowest BCUT2D eigenvalue weighted by molar-refractivity contribution is -0.145. The SMILES string of the molecule is CCCc1ncc2c(n1)COC21CN(Cc2ccc(OCC)c(OC)c2)C1. The highest BCUT2D eigenvalue weighted by molar-refractivity contribution is 5.43. The van der Waals surface area contributed by atoms with Gasteiger partial charge in [0.2, 0.25) is 0 Å². The van der Waals surface area contributed by atoms with Crippen LogP contribution in [0.15, 0.2) is 24.4 Å². The molecule has 6 nitrogen and oxygen atoms in total. The molecular weight excluding hydrogens is 342 g/mol. The number of aromatic nitrogens is 2. The van der Waals surface area contributed by atoms with Gasteiger partial charge in [0.1, 0.15) is 11.4 Å². The Morgan fingerprint density at radius 1 is 1.22 bits per heavy atom. The van der Waals surface area contributed by atoms with Gasteiger partial charge in [-0.2, -0.15) is 0 Å². The van der Waals surface area contributed by atoms with Gasteiger partial charge in [-0.15, -0.1) is 0 Å². The normalized spacial score (nSPS) is 17.6. The first-order valence-electron chi connectivity index (χ1n) is 9.68. The highest BCUT2D eigenvalue weighted by atomic mass is 16.5. The molecule has 1 spiro atoms. The summed E-state index contributed by atoms with van der Waals surface area (Å²) in [6.07, 6.45) is 3.97. The van der Waals surface area contributed by atoms with Crippen LogP contribution in [0, 0.1) is 0 Å². The van der Waals surface area contributed by atoms with Crippen molar-refractivity contribution in [2.45, 2.75) is 45.4 Å². The van der Waals surface area contributed by atoms with E-state index in [1.165, 1.54) is 11.1 Å². The van der Waals surface area contributed by atoms with Crippen LogP contribution in [-0.4, -0.2) is 41.7 Å². The average Bonchev–Trinajstić information content (AvgIpc) is 3.02. The molecule has 0 atom stereocenters. The molecule has 0 bridgehead atoms. The maximum Gasteiger partial charge on any atom is 0.161 e. The highest BCUT2D eigenvalue weighted by Gasteiger charge is 2.50. The Bertz CT molecular complexity index is 818. The van der Waals surface area contributed by atoms with Crippen molar-refractivity contribution >= 4 is 0 Å². The summed E-state index contributed by atoms with van der Waals surface area (Å²) in [5, 5.41) is 0. The van der Waals surface area contributed by atoms with Crippen LogP contribution in [0.1, 0.15) is 42.9 Å². The molecule has 4 rings (SSSR count). The van der Waals surface area contributed by atoms with E-state index < -0.39 is 0 Å². The largest absolute Gasteiger partial charge is 0.493 e. The van der Waals surface area contributed by atoms with Crippen molar-refractivity contribution in [3.8, 4) is 11.5 Å². The molecule has 0 saturated carbocycles. The van der Waals surface area contributed by atoms with Crippen molar-refractivity contribution in [2.24, 2.45) is 0 Å². The van der Waals surface area contributed by atoms with Crippen molar-refractivity contribution in [1.29, 1.82) is 0 Å². The number of rotatable bonds is 7. The molecule has 1 saturated heterocycles. The number of likely N-dealkylation sites (tertiary alicyclic amines) is 1. The standard InChI is InChI=1S/C21H27N3O3/c1-4-6-20-22-10-16-17(23-20)12-27-21(16)13-24(14-21)11-15-7-8-18(26-5-2)19(9-15)25-3/h7-10H,4-6,11-14H2,1-3H3. The number of benzene rings is 1. The Morgan fingerprint density at radius 2 is 2.07 bits per heavy atom. The number of nitrogens with zero attached hydrogens (tertiary/aromatic N) is 3. The van der Waals surface area contributed by atoms with Crippen molar-refractivity contribution < 1.29 is 14.2 Å². The summed E-state index contributed by atoms with van der Waals surface area (Å²) in [6.45, 7) is 7.94. The van der Waals surface area contributed by atoms with Crippen molar-refractivity contribution in [3.05, 3.63) is 47.0 Å². The lowest BCUT2D eigenvalue weighted by atomic mass is 9.87. The first-order chi connectivity index (χ1) is 13.2. The van der Waals surface area contributed by atoms with Crippen LogP contribution in [0.25, 0.3) is 0 Å². The molecule has 6 heteroatoms. The van der Waals surface area contributed by atoms with Gasteiger partial charge in [-0.3, -0.25) is 4.90 Å². The lowest BCUT2D eigenvalue weighted by Crippen LogP contribution is -2.58. The number of hydrogen-bond acceptors (Lipinski definition) is 6. The zero-order chi connectivity index (χ0) is 18.9. The summed E-state index contributed by atoms with van der Waals surface area (Å²) in [7, 11) is 1.68. The first-order valence-corrected chi connectivity index (χ1v) is 9.68. The Morgan fingerprint density at radius 3 is 2.81 bits per heavy atom. The third-order valence-corrected chi connectivity index (χ3v) is 5.26. The predicted molar refractivity (Wildman–Crippen MR) is 102 cm³/mol. The van der Waals surface area contributed by atoms with E-state index >= 15 is 0 Å². The van der Waals surface area contributed by atoms with Crippen molar-refractivity contribution in [2.75, 3.05) is 26.8 Å². The van der Waals surface area contributed by atoms with Gasteiger partial charge in [0.25, 0.3) is 0 Å². The Kier molecular flexibility index (Phi) is 5.02. The maximum atomic E-state index is 6.16. The van der Waals surface area contributed by atoms with Crippen LogP contribution >= 0.6 is 0 Å². The fraction of sp³-hybridized carbons (Fsp3) is 0.524. The molecule has 0 amide bonds.